The minimum atomic E-state index is -0.0875. The lowest BCUT2D eigenvalue weighted by Gasteiger charge is -2.34. The molecular weight excluding hydrogens is 264 g/mol. The lowest BCUT2D eigenvalue weighted by Crippen LogP contribution is -2.40. The number of rotatable bonds is 5. The molecule has 2 rings (SSSR count). The van der Waals surface area contributed by atoms with E-state index in [9.17, 15) is 4.79 Å². The van der Waals surface area contributed by atoms with Crippen LogP contribution in [-0.4, -0.2) is 46.8 Å². The van der Waals surface area contributed by atoms with Crippen LogP contribution in [0.1, 0.15) is 42.0 Å². The fourth-order valence-electron chi connectivity index (χ4n) is 3.23. The summed E-state index contributed by atoms with van der Waals surface area (Å²) in [7, 11) is 3.58. The van der Waals surface area contributed by atoms with Crippen LogP contribution in [0.2, 0.25) is 0 Å². The van der Waals surface area contributed by atoms with Gasteiger partial charge in [-0.3, -0.25) is 14.4 Å². The zero-order valence-corrected chi connectivity index (χ0v) is 13.6. The minimum Gasteiger partial charge on any atom is -0.354 e. The van der Waals surface area contributed by atoms with Crippen molar-refractivity contribution in [3.63, 3.8) is 0 Å². The Morgan fingerprint density at radius 1 is 1.57 bits per heavy atom. The number of nitrogens with one attached hydrogen (secondary N) is 1. The fourth-order valence-corrected chi connectivity index (χ4v) is 3.23. The van der Waals surface area contributed by atoms with Crippen LogP contribution in [0.4, 0.5) is 0 Å². The molecule has 0 spiro atoms. The van der Waals surface area contributed by atoms with Gasteiger partial charge < -0.3 is 5.32 Å². The number of aromatic nitrogens is 2. The maximum absolute atomic E-state index is 12.0. The number of amides is 1. The van der Waals surface area contributed by atoms with E-state index in [-0.39, 0.29) is 5.91 Å². The van der Waals surface area contributed by atoms with E-state index < -0.39 is 0 Å². The van der Waals surface area contributed by atoms with Gasteiger partial charge in [0, 0.05) is 37.9 Å². The monoisotopic (exact) mass is 290 g/mol. The maximum atomic E-state index is 12.0. The Morgan fingerprint density at radius 2 is 2.29 bits per heavy atom. The van der Waals surface area contributed by atoms with Gasteiger partial charge in [0.1, 0.15) is 0 Å². The first kappa shape index (κ1) is 15.8. The standard InChI is InChI=1S/C16H26N4O/c1-6-20(10-11(2)3)12-7-8-14-13(9-12)15(16(21)17-4)18-19(14)5/h12H,2,6-10H2,1,3-5H3,(H,17,21). The molecule has 5 nitrogen and oxygen atoms in total. The second-order valence-corrected chi connectivity index (χ2v) is 5.89. The van der Waals surface area contributed by atoms with Gasteiger partial charge in [0.15, 0.2) is 5.69 Å². The van der Waals surface area contributed by atoms with Gasteiger partial charge >= 0.3 is 0 Å². The molecule has 1 atom stereocenters. The Morgan fingerprint density at radius 3 is 2.86 bits per heavy atom. The Bertz CT molecular complexity index is 547. The van der Waals surface area contributed by atoms with Crippen molar-refractivity contribution in [2.45, 2.75) is 39.2 Å². The van der Waals surface area contributed by atoms with Crippen molar-refractivity contribution >= 4 is 5.91 Å². The second-order valence-electron chi connectivity index (χ2n) is 5.89. The molecular formula is C16H26N4O. The molecule has 0 saturated heterocycles. The van der Waals surface area contributed by atoms with E-state index in [1.165, 1.54) is 11.3 Å². The Labute approximate surface area is 127 Å². The van der Waals surface area contributed by atoms with Gasteiger partial charge in [-0.05, 0) is 32.7 Å². The fraction of sp³-hybridized carbons (Fsp3) is 0.625. The number of nitrogens with zero attached hydrogens (tertiary/aromatic N) is 3. The van der Waals surface area contributed by atoms with Crippen molar-refractivity contribution < 1.29 is 4.79 Å². The molecule has 1 aliphatic carbocycles. The summed E-state index contributed by atoms with van der Waals surface area (Å²) >= 11 is 0. The summed E-state index contributed by atoms with van der Waals surface area (Å²) in [6.45, 7) is 10.2. The van der Waals surface area contributed by atoms with Gasteiger partial charge in [0.05, 0.1) is 0 Å². The van der Waals surface area contributed by atoms with Crippen molar-refractivity contribution in [1.29, 1.82) is 0 Å². The Kier molecular flexibility index (Phi) is 4.83. The van der Waals surface area contributed by atoms with Crippen LogP contribution in [0.25, 0.3) is 0 Å². The van der Waals surface area contributed by atoms with Crippen molar-refractivity contribution in [2.75, 3.05) is 20.1 Å². The minimum absolute atomic E-state index is 0.0875. The molecule has 21 heavy (non-hydrogen) atoms. The number of likely N-dealkylation sites (N-methyl/N-ethyl adjacent to an activating group) is 1. The second kappa shape index (κ2) is 6.43. The largest absolute Gasteiger partial charge is 0.354 e. The van der Waals surface area contributed by atoms with Crippen LogP contribution in [-0.2, 0) is 19.9 Å². The lowest BCUT2D eigenvalue weighted by atomic mass is 9.90. The number of hydrogen-bond donors (Lipinski definition) is 1. The molecule has 0 saturated carbocycles. The van der Waals surface area contributed by atoms with E-state index in [1.807, 2.05) is 11.7 Å². The summed E-state index contributed by atoms with van der Waals surface area (Å²) in [5, 5.41) is 7.10. The lowest BCUT2D eigenvalue weighted by molar-refractivity contribution is 0.0955. The average molecular weight is 290 g/mol. The third kappa shape index (κ3) is 3.18. The number of carbonyl (C=O) groups is 1. The highest BCUT2D eigenvalue weighted by Crippen LogP contribution is 2.27. The van der Waals surface area contributed by atoms with Crippen molar-refractivity contribution in [2.24, 2.45) is 7.05 Å². The van der Waals surface area contributed by atoms with E-state index >= 15 is 0 Å². The van der Waals surface area contributed by atoms with Gasteiger partial charge in [-0.15, -0.1) is 0 Å². The van der Waals surface area contributed by atoms with Crippen LogP contribution in [0.3, 0.4) is 0 Å². The average Bonchev–Trinajstić information content (AvgIpc) is 2.80. The first-order valence-electron chi connectivity index (χ1n) is 7.63. The van der Waals surface area contributed by atoms with Gasteiger partial charge in [0.25, 0.3) is 5.91 Å². The van der Waals surface area contributed by atoms with Gasteiger partial charge in [-0.25, -0.2) is 0 Å². The van der Waals surface area contributed by atoms with E-state index in [2.05, 4.69) is 35.7 Å². The van der Waals surface area contributed by atoms with Crippen LogP contribution in [0.15, 0.2) is 12.2 Å². The molecule has 1 aliphatic rings. The maximum Gasteiger partial charge on any atom is 0.271 e. The highest BCUT2D eigenvalue weighted by atomic mass is 16.1. The summed E-state index contributed by atoms with van der Waals surface area (Å²) in [5.41, 5.74) is 4.09. The Hall–Kier alpha value is -1.62. The third-order valence-corrected chi connectivity index (χ3v) is 4.27. The SMILES string of the molecule is C=C(C)CN(CC)C1CCc2c(c(C(=O)NC)nn2C)C1. The molecule has 116 valence electrons. The Balaban J connectivity index is 2.26. The van der Waals surface area contributed by atoms with Crippen LogP contribution < -0.4 is 5.32 Å². The van der Waals surface area contributed by atoms with Crippen molar-refractivity contribution in [3.8, 4) is 0 Å². The molecule has 1 N–H and O–H groups in total. The van der Waals surface area contributed by atoms with Crippen LogP contribution in [0.5, 0.6) is 0 Å². The van der Waals surface area contributed by atoms with Crippen molar-refractivity contribution in [3.05, 3.63) is 29.1 Å². The summed E-state index contributed by atoms with van der Waals surface area (Å²) in [5.74, 6) is -0.0875. The molecule has 5 heteroatoms. The number of aryl methyl sites for hydroxylation is 1. The number of fused-ring (bicyclic) bond motifs is 1. The first-order valence-corrected chi connectivity index (χ1v) is 7.63. The van der Waals surface area contributed by atoms with Crippen LogP contribution in [0, 0.1) is 0 Å². The van der Waals surface area contributed by atoms with Gasteiger partial charge in [-0.2, -0.15) is 5.10 Å². The van der Waals surface area contributed by atoms with Gasteiger partial charge in [0.2, 0.25) is 0 Å². The highest BCUT2D eigenvalue weighted by molar-refractivity contribution is 5.93. The topological polar surface area (TPSA) is 50.2 Å². The number of hydrogen-bond acceptors (Lipinski definition) is 3. The smallest absolute Gasteiger partial charge is 0.271 e. The molecule has 0 bridgehead atoms. The zero-order chi connectivity index (χ0) is 15.6. The van der Waals surface area contributed by atoms with E-state index in [0.29, 0.717) is 11.7 Å². The molecule has 0 aromatic carbocycles. The molecule has 1 heterocycles. The van der Waals surface area contributed by atoms with E-state index in [0.717, 1.165) is 37.9 Å². The first-order chi connectivity index (χ1) is 9.97. The highest BCUT2D eigenvalue weighted by Gasteiger charge is 2.30. The molecule has 1 aromatic heterocycles. The quantitative estimate of drug-likeness (QED) is 0.837. The summed E-state index contributed by atoms with van der Waals surface area (Å²) in [6, 6.07) is 0.465. The van der Waals surface area contributed by atoms with E-state index in [1.54, 1.807) is 7.05 Å². The predicted octanol–water partition coefficient (Wildman–Crippen LogP) is 1.53. The summed E-state index contributed by atoms with van der Waals surface area (Å²) in [4.78, 5) is 14.5. The van der Waals surface area contributed by atoms with Crippen LogP contribution >= 0.6 is 0 Å². The summed E-state index contributed by atoms with van der Waals surface area (Å²) < 4.78 is 1.87. The molecule has 1 aromatic rings. The van der Waals surface area contributed by atoms with Gasteiger partial charge in [-0.1, -0.05) is 19.1 Å². The predicted molar refractivity (Wildman–Crippen MR) is 84.5 cm³/mol. The normalized spacial score (nSPS) is 17.7. The molecule has 0 aliphatic heterocycles. The number of carbonyl (C=O) groups excluding carboxylic acids is 1. The third-order valence-electron chi connectivity index (χ3n) is 4.27. The molecule has 1 unspecified atom stereocenters. The zero-order valence-electron chi connectivity index (χ0n) is 13.6. The molecule has 1 amide bonds. The van der Waals surface area contributed by atoms with E-state index in [4.69, 9.17) is 0 Å². The van der Waals surface area contributed by atoms with Crippen molar-refractivity contribution in [1.82, 2.24) is 20.0 Å². The summed E-state index contributed by atoms with van der Waals surface area (Å²) in [6.07, 6.45) is 2.99. The molecule has 0 fully saturated rings. The molecule has 0 radical (unpaired) electrons.